The van der Waals surface area contributed by atoms with Crippen LogP contribution in [0.1, 0.15) is 37.9 Å². The maximum absolute atomic E-state index is 5.70. The van der Waals surface area contributed by atoms with E-state index in [1.807, 2.05) is 6.92 Å². The first-order valence-corrected chi connectivity index (χ1v) is 5.99. The van der Waals surface area contributed by atoms with E-state index in [2.05, 4.69) is 22.0 Å². The molecule has 2 atom stereocenters. The Kier molecular flexibility index (Phi) is 3.56. The van der Waals surface area contributed by atoms with Crippen molar-refractivity contribution < 1.29 is 4.52 Å². The van der Waals surface area contributed by atoms with Crippen LogP contribution in [0.4, 0.5) is 0 Å². The van der Waals surface area contributed by atoms with E-state index in [-0.39, 0.29) is 6.04 Å². The molecule has 1 aliphatic heterocycles. The summed E-state index contributed by atoms with van der Waals surface area (Å²) in [4.78, 5) is 6.82. The predicted molar refractivity (Wildman–Crippen MR) is 61.1 cm³/mol. The first-order chi connectivity index (χ1) is 7.69. The van der Waals surface area contributed by atoms with Gasteiger partial charge < -0.3 is 15.2 Å². The van der Waals surface area contributed by atoms with Crippen LogP contribution in [0.5, 0.6) is 0 Å². The lowest BCUT2D eigenvalue weighted by Crippen LogP contribution is -2.19. The van der Waals surface area contributed by atoms with E-state index in [0.717, 1.165) is 37.8 Å². The molecule has 1 fully saturated rings. The van der Waals surface area contributed by atoms with Crippen LogP contribution in [0.3, 0.4) is 0 Å². The number of nitrogens with two attached hydrogens (primary N) is 1. The molecule has 1 aliphatic rings. The molecule has 0 spiro atoms. The van der Waals surface area contributed by atoms with E-state index in [1.54, 1.807) is 0 Å². The summed E-state index contributed by atoms with van der Waals surface area (Å²) < 4.78 is 5.30. The average molecular weight is 224 g/mol. The number of nitrogens with zero attached hydrogens (tertiary/aromatic N) is 3. The van der Waals surface area contributed by atoms with Crippen LogP contribution in [-0.2, 0) is 6.42 Å². The molecule has 5 heteroatoms. The Hall–Kier alpha value is -0.940. The van der Waals surface area contributed by atoms with Crippen molar-refractivity contribution in [1.82, 2.24) is 15.0 Å². The van der Waals surface area contributed by atoms with Gasteiger partial charge in [-0.1, -0.05) is 12.1 Å². The van der Waals surface area contributed by atoms with Crippen molar-refractivity contribution in [2.45, 2.75) is 38.6 Å². The van der Waals surface area contributed by atoms with Gasteiger partial charge >= 0.3 is 0 Å². The van der Waals surface area contributed by atoms with Gasteiger partial charge in [0.25, 0.3) is 0 Å². The lowest BCUT2D eigenvalue weighted by atomic mass is 10.1. The minimum atomic E-state index is 0.0844. The van der Waals surface area contributed by atoms with Crippen molar-refractivity contribution in [3.63, 3.8) is 0 Å². The van der Waals surface area contributed by atoms with Crippen molar-refractivity contribution in [1.29, 1.82) is 0 Å². The number of likely N-dealkylation sites (tertiary alicyclic amines) is 1. The second-order valence-electron chi connectivity index (χ2n) is 4.61. The quantitative estimate of drug-likeness (QED) is 0.818. The van der Waals surface area contributed by atoms with E-state index in [9.17, 15) is 0 Å². The van der Waals surface area contributed by atoms with Gasteiger partial charge in [0.1, 0.15) is 0 Å². The summed E-state index contributed by atoms with van der Waals surface area (Å²) in [6.45, 7) is 7.39. The fraction of sp³-hybridized carbons (Fsp3) is 0.818. The average Bonchev–Trinajstić information content (AvgIpc) is 2.83. The highest BCUT2D eigenvalue weighted by Gasteiger charge is 2.27. The van der Waals surface area contributed by atoms with E-state index in [1.165, 1.54) is 0 Å². The molecule has 1 aromatic rings. The number of hydrogen-bond acceptors (Lipinski definition) is 5. The summed E-state index contributed by atoms with van der Waals surface area (Å²) in [5.74, 6) is 1.93. The van der Waals surface area contributed by atoms with Gasteiger partial charge in [-0.25, -0.2) is 0 Å². The number of aromatic nitrogens is 2. The van der Waals surface area contributed by atoms with Crippen LogP contribution in [0.15, 0.2) is 4.52 Å². The Balaban J connectivity index is 1.97. The first kappa shape index (κ1) is 11.5. The SMILES string of the molecule is CCN1CCC(c2nc(CC(C)N)no2)C1. The standard InChI is InChI=1S/C11H20N4O/c1-3-15-5-4-9(7-15)11-13-10(14-16-11)6-8(2)12/h8-9H,3-7,12H2,1-2H3. The minimum Gasteiger partial charge on any atom is -0.339 e. The zero-order valence-electron chi connectivity index (χ0n) is 10.0. The predicted octanol–water partition coefficient (Wildman–Crippen LogP) is 0.768. The Morgan fingerprint density at radius 3 is 3.06 bits per heavy atom. The first-order valence-electron chi connectivity index (χ1n) is 5.99. The normalized spacial score (nSPS) is 23.8. The molecule has 5 nitrogen and oxygen atoms in total. The largest absolute Gasteiger partial charge is 0.339 e. The highest BCUT2D eigenvalue weighted by Crippen LogP contribution is 2.25. The van der Waals surface area contributed by atoms with Gasteiger partial charge in [0.2, 0.25) is 5.89 Å². The van der Waals surface area contributed by atoms with Crippen molar-refractivity contribution in [2.24, 2.45) is 5.73 Å². The second kappa shape index (κ2) is 4.93. The third kappa shape index (κ3) is 2.59. The molecule has 0 aliphatic carbocycles. The van der Waals surface area contributed by atoms with E-state index >= 15 is 0 Å². The molecule has 16 heavy (non-hydrogen) atoms. The Bertz CT molecular complexity index is 336. The molecule has 0 radical (unpaired) electrons. The summed E-state index contributed by atoms with van der Waals surface area (Å²) in [6.07, 6.45) is 1.81. The highest BCUT2D eigenvalue weighted by atomic mass is 16.5. The topological polar surface area (TPSA) is 68.2 Å². The summed E-state index contributed by atoms with van der Waals surface area (Å²) >= 11 is 0. The summed E-state index contributed by atoms with van der Waals surface area (Å²) in [6, 6.07) is 0.0844. The maximum Gasteiger partial charge on any atom is 0.231 e. The van der Waals surface area contributed by atoms with Crippen molar-refractivity contribution in [2.75, 3.05) is 19.6 Å². The monoisotopic (exact) mass is 224 g/mol. The lowest BCUT2D eigenvalue weighted by molar-refractivity contribution is 0.324. The summed E-state index contributed by atoms with van der Waals surface area (Å²) in [7, 11) is 0. The number of likely N-dealkylation sites (N-methyl/N-ethyl adjacent to an activating group) is 1. The summed E-state index contributed by atoms with van der Waals surface area (Å²) in [5, 5.41) is 3.97. The molecule has 1 aromatic heterocycles. The van der Waals surface area contributed by atoms with Gasteiger partial charge in [-0.15, -0.1) is 0 Å². The van der Waals surface area contributed by atoms with Gasteiger partial charge in [0, 0.05) is 19.0 Å². The van der Waals surface area contributed by atoms with E-state index < -0.39 is 0 Å². The smallest absolute Gasteiger partial charge is 0.231 e. The van der Waals surface area contributed by atoms with Crippen LogP contribution < -0.4 is 5.73 Å². The van der Waals surface area contributed by atoms with Gasteiger partial charge in [-0.2, -0.15) is 4.98 Å². The van der Waals surface area contributed by atoms with Crippen LogP contribution in [-0.4, -0.2) is 40.7 Å². The fourth-order valence-corrected chi connectivity index (χ4v) is 2.13. The molecular weight excluding hydrogens is 204 g/mol. The van der Waals surface area contributed by atoms with Crippen molar-refractivity contribution in [3.8, 4) is 0 Å². The van der Waals surface area contributed by atoms with Gasteiger partial charge in [-0.05, 0) is 26.4 Å². The zero-order valence-corrected chi connectivity index (χ0v) is 10.0. The molecule has 0 amide bonds. The van der Waals surface area contributed by atoms with Gasteiger partial charge in [0.05, 0.1) is 5.92 Å². The van der Waals surface area contributed by atoms with E-state index in [4.69, 9.17) is 10.3 Å². The number of hydrogen-bond donors (Lipinski definition) is 1. The van der Waals surface area contributed by atoms with Crippen LogP contribution >= 0.6 is 0 Å². The Labute approximate surface area is 96.0 Å². The van der Waals surface area contributed by atoms with E-state index in [0.29, 0.717) is 12.3 Å². The Morgan fingerprint density at radius 2 is 2.44 bits per heavy atom. The minimum absolute atomic E-state index is 0.0844. The second-order valence-corrected chi connectivity index (χ2v) is 4.61. The molecule has 2 unspecified atom stereocenters. The maximum atomic E-state index is 5.70. The zero-order chi connectivity index (χ0) is 11.5. The van der Waals surface area contributed by atoms with Gasteiger partial charge in [-0.3, -0.25) is 0 Å². The molecule has 0 saturated carbocycles. The van der Waals surface area contributed by atoms with Crippen molar-refractivity contribution in [3.05, 3.63) is 11.7 Å². The molecule has 0 aromatic carbocycles. The van der Waals surface area contributed by atoms with Crippen LogP contribution in [0.2, 0.25) is 0 Å². The molecule has 1 saturated heterocycles. The summed E-state index contributed by atoms with van der Waals surface area (Å²) in [5.41, 5.74) is 5.70. The number of rotatable bonds is 4. The van der Waals surface area contributed by atoms with Gasteiger partial charge in [0.15, 0.2) is 5.82 Å². The molecular formula is C11H20N4O. The van der Waals surface area contributed by atoms with Crippen molar-refractivity contribution >= 4 is 0 Å². The van der Waals surface area contributed by atoms with Crippen LogP contribution in [0, 0.1) is 0 Å². The van der Waals surface area contributed by atoms with Crippen LogP contribution in [0.25, 0.3) is 0 Å². The Morgan fingerprint density at radius 1 is 1.62 bits per heavy atom. The fourth-order valence-electron chi connectivity index (χ4n) is 2.13. The molecule has 0 bridgehead atoms. The third-order valence-electron chi connectivity index (χ3n) is 3.06. The highest BCUT2D eigenvalue weighted by molar-refractivity contribution is 4.99. The molecule has 90 valence electrons. The molecule has 2 rings (SSSR count). The molecule has 2 heterocycles. The molecule has 2 N–H and O–H groups in total. The lowest BCUT2D eigenvalue weighted by Gasteiger charge is -2.10. The third-order valence-corrected chi connectivity index (χ3v) is 3.06.